The molecule has 0 unspecified atom stereocenters. The molecule has 6 heteroatoms. The van der Waals surface area contributed by atoms with Crippen molar-refractivity contribution in [3.8, 4) is 11.1 Å². The summed E-state index contributed by atoms with van der Waals surface area (Å²) in [5, 5.41) is 1.48. The van der Waals surface area contributed by atoms with Gasteiger partial charge in [-0.15, -0.1) is 11.3 Å². The van der Waals surface area contributed by atoms with Crippen molar-refractivity contribution in [2.75, 3.05) is 5.73 Å². The SMILES string of the molecule is NC(=O)c1sc2nc(C3CC3)cc(-c3ccc(Cl)cc3)c2c1N. The molecule has 23 heavy (non-hydrogen) atoms. The topological polar surface area (TPSA) is 82.0 Å². The lowest BCUT2D eigenvalue weighted by Gasteiger charge is -2.08. The van der Waals surface area contributed by atoms with Gasteiger partial charge in [0.15, 0.2) is 0 Å². The Kier molecular flexibility index (Phi) is 3.28. The summed E-state index contributed by atoms with van der Waals surface area (Å²) in [5.41, 5.74) is 15.1. The Morgan fingerprint density at radius 2 is 1.96 bits per heavy atom. The lowest BCUT2D eigenvalue weighted by Crippen LogP contribution is -2.10. The maximum absolute atomic E-state index is 11.6. The van der Waals surface area contributed by atoms with Gasteiger partial charge >= 0.3 is 0 Å². The summed E-state index contributed by atoms with van der Waals surface area (Å²) >= 11 is 7.26. The van der Waals surface area contributed by atoms with Crippen LogP contribution in [0.2, 0.25) is 5.02 Å². The molecule has 1 aromatic carbocycles. The van der Waals surface area contributed by atoms with Gasteiger partial charge in [-0.25, -0.2) is 4.98 Å². The zero-order chi connectivity index (χ0) is 16.1. The van der Waals surface area contributed by atoms with Gasteiger partial charge < -0.3 is 11.5 Å². The van der Waals surface area contributed by atoms with Gasteiger partial charge in [-0.05, 0) is 42.2 Å². The Morgan fingerprint density at radius 1 is 1.26 bits per heavy atom. The van der Waals surface area contributed by atoms with Crippen LogP contribution in [-0.4, -0.2) is 10.9 Å². The van der Waals surface area contributed by atoms with Gasteiger partial charge in [-0.3, -0.25) is 4.79 Å². The van der Waals surface area contributed by atoms with Crippen LogP contribution in [0.5, 0.6) is 0 Å². The molecule has 2 heterocycles. The number of primary amides is 1. The normalized spacial score (nSPS) is 14.3. The number of halogens is 1. The van der Waals surface area contributed by atoms with E-state index < -0.39 is 5.91 Å². The van der Waals surface area contributed by atoms with Gasteiger partial charge in [0.1, 0.15) is 9.71 Å². The number of nitrogens with two attached hydrogens (primary N) is 2. The standard InChI is InChI=1S/C17H14ClN3OS/c18-10-5-3-8(4-6-10)11-7-12(9-1-2-9)21-17-13(11)14(19)15(23-17)16(20)22/h3-7,9H,1-2,19H2,(H2,20,22). The summed E-state index contributed by atoms with van der Waals surface area (Å²) in [5.74, 6) is -0.00803. The number of carbonyl (C=O) groups is 1. The van der Waals surface area contributed by atoms with Gasteiger partial charge in [-0.1, -0.05) is 23.7 Å². The first-order chi connectivity index (χ1) is 11.0. The smallest absolute Gasteiger partial charge is 0.260 e. The van der Waals surface area contributed by atoms with Crippen molar-refractivity contribution in [3.63, 3.8) is 0 Å². The van der Waals surface area contributed by atoms with Crippen molar-refractivity contribution in [2.45, 2.75) is 18.8 Å². The highest BCUT2D eigenvalue weighted by Gasteiger charge is 2.28. The summed E-state index contributed by atoms with van der Waals surface area (Å²) in [6.45, 7) is 0. The molecular weight excluding hydrogens is 330 g/mol. The number of carbonyl (C=O) groups excluding carboxylic acids is 1. The van der Waals surface area contributed by atoms with E-state index >= 15 is 0 Å². The number of rotatable bonds is 3. The monoisotopic (exact) mass is 343 g/mol. The molecule has 4 N–H and O–H groups in total. The number of amides is 1. The third-order valence-electron chi connectivity index (χ3n) is 4.09. The predicted molar refractivity (Wildman–Crippen MR) is 95.0 cm³/mol. The number of anilines is 1. The fourth-order valence-corrected chi connectivity index (χ4v) is 3.87. The average molecular weight is 344 g/mol. The molecule has 0 radical (unpaired) electrons. The Hall–Kier alpha value is -2.11. The molecule has 116 valence electrons. The number of aromatic nitrogens is 1. The van der Waals surface area contributed by atoms with Crippen molar-refractivity contribution in [2.24, 2.45) is 5.73 Å². The van der Waals surface area contributed by atoms with Crippen LogP contribution in [0.25, 0.3) is 21.3 Å². The molecule has 2 aromatic heterocycles. The van der Waals surface area contributed by atoms with Gasteiger partial charge in [0.2, 0.25) is 0 Å². The van der Waals surface area contributed by atoms with Crippen LogP contribution in [0.4, 0.5) is 5.69 Å². The van der Waals surface area contributed by atoms with E-state index in [4.69, 9.17) is 28.1 Å². The fraction of sp³-hybridized carbons (Fsp3) is 0.176. The number of hydrogen-bond acceptors (Lipinski definition) is 4. The number of nitrogen functional groups attached to an aromatic ring is 1. The molecule has 0 atom stereocenters. The summed E-state index contributed by atoms with van der Waals surface area (Å²) < 4.78 is 0. The average Bonchev–Trinajstić information content (AvgIpc) is 3.32. The predicted octanol–water partition coefficient (Wildman–Crippen LogP) is 4.18. The molecule has 0 aliphatic heterocycles. The molecule has 0 spiro atoms. The largest absolute Gasteiger partial charge is 0.397 e. The molecule has 1 amide bonds. The van der Waals surface area contributed by atoms with Crippen LogP contribution in [-0.2, 0) is 0 Å². The molecule has 3 aromatic rings. The zero-order valence-electron chi connectivity index (χ0n) is 12.2. The molecule has 4 rings (SSSR count). The molecular formula is C17H14ClN3OS. The highest BCUT2D eigenvalue weighted by Crippen LogP contribution is 2.45. The van der Waals surface area contributed by atoms with Crippen LogP contribution >= 0.6 is 22.9 Å². The van der Waals surface area contributed by atoms with Gasteiger partial charge in [-0.2, -0.15) is 0 Å². The maximum Gasteiger partial charge on any atom is 0.260 e. The van der Waals surface area contributed by atoms with Crippen molar-refractivity contribution < 1.29 is 4.79 Å². The minimum absolute atomic E-state index is 0.371. The summed E-state index contributed by atoms with van der Waals surface area (Å²) in [7, 11) is 0. The lowest BCUT2D eigenvalue weighted by atomic mass is 10.0. The van der Waals surface area contributed by atoms with E-state index in [-0.39, 0.29) is 0 Å². The number of benzene rings is 1. The van der Waals surface area contributed by atoms with Gasteiger partial charge in [0, 0.05) is 22.0 Å². The van der Waals surface area contributed by atoms with Crippen molar-refractivity contribution >= 4 is 44.7 Å². The highest BCUT2D eigenvalue weighted by molar-refractivity contribution is 7.21. The van der Waals surface area contributed by atoms with E-state index in [0.717, 1.165) is 39.9 Å². The van der Waals surface area contributed by atoms with E-state index in [1.807, 2.05) is 24.3 Å². The van der Waals surface area contributed by atoms with Crippen molar-refractivity contribution in [3.05, 3.63) is 45.9 Å². The quantitative estimate of drug-likeness (QED) is 0.748. The van der Waals surface area contributed by atoms with Crippen LogP contribution in [0.1, 0.15) is 34.1 Å². The molecule has 0 saturated heterocycles. The molecule has 1 fully saturated rings. The van der Waals surface area contributed by atoms with Crippen LogP contribution in [0.15, 0.2) is 30.3 Å². The fourth-order valence-electron chi connectivity index (χ4n) is 2.77. The van der Waals surface area contributed by atoms with Gasteiger partial charge in [0.25, 0.3) is 5.91 Å². The van der Waals surface area contributed by atoms with Crippen LogP contribution < -0.4 is 11.5 Å². The van der Waals surface area contributed by atoms with E-state index in [0.29, 0.717) is 21.5 Å². The summed E-state index contributed by atoms with van der Waals surface area (Å²) in [6.07, 6.45) is 2.31. The van der Waals surface area contributed by atoms with Gasteiger partial charge in [0.05, 0.1) is 5.69 Å². The van der Waals surface area contributed by atoms with E-state index in [2.05, 4.69) is 6.07 Å². The molecule has 4 nitrogen and oxygen atoms in total. The first-order valence-electron chi connectivity index (χ1n) is 7.33. The number of pyridine rings is 1. The number of fused-ring (bicyclic) bond motifs is 1. The molecule has 0 bridgehead atoms. The van der Waals surface area contributed by atoms with Crippen molar-refractivity contribution in [1.82, 2.24) is 4.98 Å². The van der Waals surface area contributed by atoms with E-state index in [1.54, 1.807) is 0 Å². The first-order valence-corrected chi connectivity index (χ1v) is 8.52. The zero-order valence-corrected chi connectivity index (χ0v) is 13.7. The van der Waals surface area contributed by atoms with E-state index in [1.165, 1.54) is 11.3 Å². The summed E-state index contributed by atoms with van der Waals surface area (Å²) in [4.78, 5) is 17.5. The minimum Gasteiger partial charge on any atom is -0.397 e. The Balaban J connectivity index is 2.03. The molecule has 1 aliphatic carbocycles. The van der Waals surface area contributed by atoms with Crippen LogP contribution in [0, 0.1) is 0 Å². The first kappa shape index (κ1) is 14.5. The second-order valence-corrected chi connectivity index (χ2v) is 7.20. The third-order valence-corrected chi connectivity index (χ3v) is 5.46. The second-order valence-electron chi connectivity index (χ2n) is 5.77. The third kappa shape index (κ3) is 2.46. The number of thiophene rings is 1. The lowest BCUT2D eigenvalue weighted by molar-refractivity contribution is 0.100. The molecule has 1 saturated carbocycles. The minimum atomic E-state index is -0.513. The van der Waals surface area contributed by atoms with E-state index in [9.17, 15) is 4.79 Å². The number of nitrogens with zero attached hydrogens (tertiary/aromatic N) is 1. The van der Waals surface area contributed by atoms with Crippen LogP contribution in [0.3, 0.4) is 0 Å². The second kappa shape index (κ2) is 5.22. The maximum atomic E-state index is 11.6. The summed E-state index contributed by atoms with van der Waals surface area (Å²) in [6, 6.07) is 9.68. The Morgan fingerprint density at radius 3 is 2.57 bits per heavy atom. The highest BCUT2D eigenvalue weighted by atomic mass is 35.5. The Bertz CT molecular complexity index is 929. The van der Waals surface area contributed by atoms with Crippen molar-refractivity contribution in [1.29, 1.82) is 0 Å². The molecule has 1 aliphatic rings. The Labute approximate surface area is 142 Å². The number of hydrogen-bond donors (Lipinski definition) is 2.